The van der Waals surface area contributed by atoms with Gasteiger partial charge in [-0.25, -0.2) is 0 Å². The van der Waals surface area contributed by atoms with E-state index in [4.69, 9.17) is 5.11 Å². The second-order valence-corrected chi connectivity index (χ2v) is 3.60. The molecule has 0 fully saturated rings. The van der Waals surface area contributed by atoms with Crippen LogP contribution in [0.15, 0.2) is 24.3 Å². The monoisotopic (exact) mass is 221 g/mol. The SMILES string of the molecule is O=C1c2ccccc2C(=O)N1CC(O)CO. The van der Waals surface area contributed by atoms with Crippen LogP contribution in [0.3, 0.4) is 0 Å². The van der Waals surface area contributed by atoms with E-state index in [9.17, 15) is 14.7 Å². The van der Waals surface area contributed by atoms with Crippen LogP contribution in [0.2, 0.25) is 0 Å². The lowest BCUT2D eigenvalue weighted by Gasteiger charge is -2.16. The summed E-state index contributed by atoms with van der Waals surface area (Å²) in [7, 11) is 0. The number of hydrogen-bond donors (Lipinski definition) is 2. The summed E-state index contributed by atoms with van der Waals surface area (Å²) in [6.45, 7) is -0.656. The second kappa shape index (κ2) is 4.03. The van der Waals surface area contributed by atoms with Crippen molar-refractivity contribution < 1.29 is 19.8 Å². The third kappa shape index (κ3) is 1.60. The van der Waals surface area contributed by atoms with Crippen LogP contribution in [0.25, 0.3) is 0 Å². The molecule has 1 aromatic rings. The van der Waals surface area contributed by atoms with Crippen LogP contribution < -0.4 is 0 Å². The maximum Gasteiger partial charge on any atom is 0.261 e. The minimum atomic E-state index is -1.10. The molecule has 0 spiro atoms. The maximum atomic E-state index is 11.8. The fourth-order valence-corrected chi connectivity index (χ4v) is 1.67. The van der Waals surface area contributed by atoms with Gasteiger partial charge < -0.3 is 10.2 Å². The Balaban J connectivity index is 2.28. The Morgan fingerprint density at radius 1 is 1.12 bits per heavy atom. The van der Waals surface area contributed by atoms with Gasteiger partial charge in [-0.15, -0.1) is 0 Å². The van der Waals surface area contributed by atoms with Crippen LogP contribution in [0, 0.1) is 0 Å². The standard InChI is InChI=1S/C11H11NO4/c13-6-7(14)5-12-10(15)8-3-1-2-4-9(8)11(12)16/h1-4,7,13-14H,5-6H2. The summed E-state index contributed by atoms with van der Waals surface area (Å²) in [5, 5.41) is 17.9. The van der Waals surface area contributed by atoms with E-state index in [2.05, 4.69) is 0 Å². The largest absolute Gasteiger partial charge is 0.394 e. The highest BCUT2D eigenvalue weighted by molar-refractivity contribution is 6.21. The van der Waals surface area contributed by atoms with Gasteiger partial charge in [0.2, 0.25) is 0 Å². The zero-order chi connectivity index (χ0) is 11.7. The van der Waals surface area contributed by atoms with Crippen LogP contribution in [0.1, 0.15) is 20.7 Å². The van der Waals surface area contributed by atoms with Crippen molar-refractivity contribution in [1.29, 1.82) is 0 Å². The summed E-state index contributed by atoms with van der Waals surface area (Å²) in [6, 6.07) is 6.49. The molecule has 1 aliphatic heterocycles. The van der Waals surface area contributed by atoms with Gasteiger partial charge in [-0.1, -0.05) is 12.1 Å². The van der Waals surface area contributed by atoms with Crippen LogP contribution in [0.5, 0.6) is 0 Å². The second-order valence-electron chi connectivity index (χ2n) is 3.60. The van der Waals surface area contributed by atoms with Crippen LogP contribution in [-0.2, 0) is 0 Å². The molecule has 2 N–H and O–H groups in total. The van der Waals surface area contributed by atoms with Gasteiger partial charge in [0.15, 0.2) is 0 Å². The molecule has 5 nitrogen and oxygen atoms in total. The lowest BCUT2D eigenvalue weighted by Crippen LogP contribution is -2.38. The van der Waals surface area contributed by atoms with E-state index in [0.717, 1.165) is 4.90 Å². The van der Waals surface area contributed by atoms with Gasteiger partial charge in [0, 0.05) is 0 Å². The van der Waals surface area contributed by atoms with Gasteiger partial charge in [-0.3, -0.25) is 14.5 Å². The third-order valence-electron chi connectivity index (χ3n) is 2.48. The summed E-state index contributed by atoms with van der Waals surface area (Å²) in [6.07, 6.45) is -1.10. The number of amides is 2. The quantitative estimate of drug-likeness (QED) is 0.683. The number of imide groups is 1. The molecule has 16 heavy (non-hydrogen) atoms. The lowest BCUT2D eigenvalue weighted by atomic mass is 10.1. The van der Waals surface area contributed by atoms with Crippen molar-refractivity contribution in [3.05, 3.63) is 35.4 Å². The maximum absolute atomic E-state index is 11.8. The topological polar surface area (TPSA) is 77.8 Å². The minimum Gasteiger partial charge on any atom is -0.394 e. The van der Waals surface area contributed by atoms with Gasteiger partial charge in [0.1, 0.15) is 0 Å². The van der Waals surface area contributed by atoms with Crippen molar-refractivity contribution in [2.24, 2.45) is 0 Å². The fourth-order valence-electron chi connectivity index (χ4n) is 1.67. The number of rotatable bonds is 3. The number of hydrogen-bond acceptors (Lipinski definition) is 4. The Morgan fingerprint density at radius 3 is 2.06 bits per heavy atom. The average molecular weight is 221 g/mol. The van der Waals surface area contributed by atoms with Gasteiger partial charge in [-0.05, 0) is 12.1 Å². The number of aliphatic hydroxyl groups excluding tert-OH is 2. The normalized spacial score (nSPS) is 16.5. The lowest BCUT2D eigenvalue weighted by molar-refractivity contribution is 0.0426. The molecule has 0 saturated heterocycles. The summed E-state index contributed by atoms with van der Waals surface area (Å²) < 4.78 is 0. The first-order valence-electron chi connectivity index (χ1n) is 4.89. The van der Waals surface area contributed by atoms with Crippen LogP contribution >= 0.6 is 0 Å². The van der Waals surface area contributed by atoms with E-state index in [1.165, 1.54) is 0 Å². The Labute approximate surface area is 91.9 Å². The number of fused-ring (bicyclic) bond motifs is 1. The number of β-amino-alcohol motifs (C(OH)–C–C–N with tert-alkyl or cyclic N) is 1. The predicted octanol–water partition coefficient (Wildman–Crippen LogP) is -0.364. The molecule has 1 unspecified atom stereocenters. The minimum absolute atomic E-state index is 0.178. The first kappa shape index (κ1) is 10.8. The third-order valence-corrected chi connectivity index (χ3v) is 2.48. The zero-order valence-corrected chi connectivity index (χ0v) is 8.46. The molecule has 0 aliphatic carbocycles. The highest BCUT2D eigenvalue weighted by Gasteiger charge is 2.35. The fraction of sp³-hybridized carbons (Fsp3) is 0.273. The summed E-state index contributed by atoms with van der Waals surface area (Å²) in [5.41, 5.74) is 0.690. The van der Waals surface area contributed by atoms with E-state index >= 15 is 0 Å². The molecule has 2 amide bonds. The van der Waals surface area contributed by atoms with Crippen molar-refractivity contribution >= 4 is 11.8 Å². The first-order valence-corrected chi connectivity index (χ1v) is 4.89. The molecule has 1 atom stereocenters. The molecular formula is C11H11NO4. The van der Waals surface area contributed by atoms with E-state index in [1.54, 1.807) is 24.3 Å². The van der Waals surface area contributed by atoms with Gasteiger partial charge in [0.25, 0.3) is 11.8 Å². The van der Waals surface area contributed by atoms with Crippen molar-refractivity contribution in [2.75, 3.05) is 13.2 Å². The molecule has 1 aromatic carbocycles. The Morgan fingerprint density at radius 2 is 1.62 bits per heavy atom. The van der Waals surface area contributed by atoms with E-state index in [0.29, 0.717) is 11.1 Å². The van der Waals surface area contributed by atoms with Crippen molar-refractivity contribution in [3.63, 3.8) is 0 Å². The van der Waals surface area contributed by atoms with Gasteiger partial charge in [-0.2, -0.15) is 0 Å². The smallest absolute Gasteiger partial charge is 0.261 e. The van der Waals surface area contributed by atoms with Crippen LogP contribution in [-0.4, -0.2) is 46.2 Å². The van der Waals surface area contributed by atoms with Crippen LogP contribution in [0.4, 0.5) is 0 Å². The van der Waals surface area contributed by atoms with E-state index in [-0.39, 0.29) is 6.54 Å². The van der Waals surface area contributed by atoms with Crippen molar-refractivity contribution in [2.45, 2.75) is 6.10 Å². The average Bonchev–Trinajstić information content (AvgIpc) is 2.55. The molecule has 1 heterocycles. The van der Waals surface area contributed by atoms with Crippen molar-refractivity contribution in [3.8, 4) is 0 Å². The molecule has 2 rings (SSSR count). The van der Waals surface area contributed by atoms with E-state index < -0.39 is 24.5 Å². The number of nitrogens with zero attached hydrogens (tertiary/aromatic N) is 1. The molecular weight excluding hydrogens is 210 g/mol. The molecule has 5 heteroatoms. The molecule has 84 valence electrons. The number of benzene rings is 1. The summed E-state index contributed by atoms with van der Waals surface area (Å²) in [4.78, 5) is 24.5. The highest BCUT2D eigenvalue weighted by atomic mass is 16.3. The first-order chi connectivity index (χ1) is 7.65. The molecule has 0 saturated carbocycles. The predicted molar refractivity (Wildman–Crippen MR) is 54.9 cm³/mol. The van der Waals surface area contributed by atoms with E-state index in [1.807, 2.05) is 0 Å². The van der Waals surface area contributed by atoms with Gasteiger partial charge >= 0.3 is 0 Å². The summed E-state index contributed by atoms with van der Waals surface area (Å²) >= 11 is 0. The zero-order valence-electron chi connectivity index (χ0n) is 8.46. The van der Waals surface area contributed by atoms with Crippen molar-refractivity contribution in [1.82, 2.24) is 4.90 Å². The molecule has 1 aliphatic rings. The Hall–Kier alpha value is -1.72. The number of carbonyl (C=O) groups is 2. The Bertz CT molecular complexity index is 408. The highest BCUT2D eigenvalue weighted by Crippen LogP contribution is 2.22. The molecule has 0 aromatic heterocycles. The van der Waals surface area contributed by atoms with Gasteiger partial charge in [0.05, 0.1) is 30.4 Å². The molecule has 0 radical (unpaired) electrons. The number of carbonyl (C=O) groups excluding carboxylic acids is 2. The molecule has 0 bridgehead atoms. The number of aliphatic hydroxyl groups is 2. The Kier molecular flexibility index (Phi) is 2.72. The summed E-state index contributed by atoms with van der Waals surface area (Å²) in [5.74, 6) is -0.846.